The lowest BCUT2D eigenvalue weighted by molar-refractivity contribution is 0.0949. The minimum absolute atomic E-state index is 0.00775. The lowest BCUT2D eigenvalue weighted by Gasteiger charge is -2.07. The Balaban J connectivity index is 2.59. The number of alkyl halides is 1. The number of hydrogen-bond acceptors (Lipinski definition) is 1. The maximum Gasteiger partial charge on any atom is 0.254 e. The minimum Gasteiger partial charge on any atom is -0.352 e. The first kappa shape index (κ1) is 13.3. The number of amides is 1. The van der Waals surface area contributed by atoms with Gasteiger partial charge in [0, 0.05) is 16.9 Å². The normalized spacial score (nSPS) is 12.2. The first-order valence-corrected chi connectivity index (χ1v) is 5.69. The number of hydrogen-bond donors (Lipinski definition) is 1. The maximum atomic E-state index is 13.3. The van der Waals surface area contributed by atoms with E-state index in [0.29, 0.717) is 13.0 Å². The van der Waals surface area contributed by atoms with Gasteiger partial charge in [0.25, 0.3) is 5.91 Å². The number of carbonyl (C=O) groups is 1. The summed E-state index contributed by atoms with van der Waals surface area (Å²) in [5.41, 5.74) is -0.00775. The van der Waals surface area contributed by atoms with E-state index in [1.807, 2.05) is 6.92 Å². The Hall–Kier alpha value is -0.800. The van der Waals surface area contributed by atoms with Crippen molar-refractivity contribution in [3.8, 4) is 0 Å². The van der Waals surface area contributed by atoms with Crippen molar-refractivity contribution in [3.63, 3.8) is 0 Å². The number of benzene rings is 1. The highest BCUT2D eigenvalue weighted by atomic mass is 35.5. The van der Waals surface area contributed by atoms with Crippen LogP contribution in [0.15, 0.2) is 18.2 Å². The summed E-state index contributed by atoms with van der Waals surface area (Å²) < 4.78 is 13.3. The van der Waals surface area contributed by atoms with Crippen molar-refractivity contribution in [2.24, 2.45) is 0 Å². The monoisotopic (exact) mass is 263 g/mol. The number of halogens is 3. The lowest BCUT2D eigenvalue weighted by Crippen LogP contribution is -2.26. The zero-order chi connectivity index (χ0) is 12.1. The molecule has 1 rings (SSSR count). The van der Waals surface area contributed by atoms with Gasteiger partial charge in [-0.05, 0) is 31.5 Å². The van der Waals surface area contributed by atoms with Crippen LogP contribution in [0.4, 0.5) is 4.39 Å². The fraction of sp³-hybridized carbons (Fsp3) is 0.364. The summed E-state index contributed by atoms with van der Waals surface area (Å²) in [6.07, 6.45) is 0.641. The number of carbonyl (C=O) groups excluding carboxylic acids is 1. The molecule has 0 aliphatic heterocycles. The van der Waals surface area contributed by atoms with Crippen LogP contribution in [0.3, 0.4) is 0 Å². The molecule has 16 heavy (non-hydrogen) atoms. The third-order valence-corrected chi connectivity index (χ3v) is 2.46. The van der Waals surface area contributed by atoms with Gasteiger partial charge in [0.05, 0.1) is 5.56 Å². The average Bonchev–Trinajstić information content (AvgIpc) is 2.16. The molecule has 1 N–H and O–H groups in total. The van der Waals surface area contributed by atoms with E-state index in [0.717, 1.165) is 6.07 Å². The second kappa shape index (κ2) is 6.06. The molecule has 0 saturated carbocycles. The second-order valence-corrected chi connectivity index (χ2v) is 4.63. The van der Waals surface area contributed by atoms with Crippen molar-refractivity contribution in [1.29, 1.82) is 0 Å². The third-order valence-electron chi connectivity index (χ3n) is 2.00. The van der Waals surface area contributed by atoms with E-state index >= 15 is 0 Å². The molecule has 1 atom stereocenters. The van der Waals surface area contributed by atoms with Gasteiger partial charge in [-0.1, -0.05) is 11.6 Å². The molecule has 2 nitrogen and oxygen atoms in total. The molecule has 1 aromatic carbocycles. The molecule has 1 unspecified atom stereocenters. The highest BCUT2D eigenvalue weighted by molar-refractivity contribution is 6.30. The molecule has 0 spiro atoms. The fourth-order valence-corrected chi connectivity index (χ4v) is 1.42. The van der Waals surface area contributed by atoms with Gasteiger partial charge in [-0.3, -0.25) is 4.79 Å². The Morgan fingerprint density at radius 1 is 1.56 bits per heavy atom. The van der Waals surface area contributed by atoms with Gasteiger partial charge in [0.1, 0.15) is 5.82 Å². The Labute approximate surface area is 104 Å². The number of nitrogens with one attached hydrogen (secondary N) is 1. The standard InChI is InChI=1S/C11H12Cl2FNO/c1-7(12)4-5-15-11(16)9-3-2-8(13)6-10(9)14/h2-3,6-7H,4-5H2,1H3,(H,15,16). The predicted molar refractivity (Wildman–Crippen MR) is 63.7 cm³/mol. The van der Waals surface area contributed by atoms with Gasteiger partial charge in [0.15, 0.2) is 0 Å². The van der Waals surface area contributed by atoms with Gasteiger partial charge in [-0.2, -0.15) is 0 Å². The topological polar surface area (TPSA) is 29.1 Å². The molecule has 1 aromatic rings. The molecule has 1 amide bonds. The van der Waals surface area contributed by atoms with Crippen molar-refractivity contribution >= 4 is 29.1 Å². The Bertz CT molecular complexity index is 382. The molecule has 0 aliphatic rings. The van der Waals surface area contributed by atoms with Crippen LogP contribution in [-0.2, 0) is 0 Å². The predicted octanol–water partition coefficient (Wildman–Crippen LogP) is 3.23. The summed E-state index contributed by atoms with van der Waals surface area (Å²) in [7, 11) is 0. The van der Waals surface area contributed by atoms with E-state index in [1.54, 1.807) is 0 Å². The van der Waals surface area contributed by atoms with E-state index < -0.39 is 11.7 Å². The van der Waals surface area contributed by atoms with Crippen LogP contribution in [0.25, 0.3) is 0 Å². The molecule has 0 aliphatic carbocycles. The SMILES string of the molecule is CC(Cl)CCNC(=O)c1ccc(Cl)cc1F. The summed E-state index contributed by atoms with van der Waals surface area (Å²) in [5.74, 6) is -1.07. The van der Waals surface area contributed by atoms with Crippen LogP contribution in [0, 0.1) is 5.82 Å². The smallest absolute Gasteiger partial charge is 0.254 e. The summed E-state index contributed by atoms with van der Waals surface area (Å²) >= 11 is 11.3. The van der Waals surface area contributed by atoms with Crippen molar-refractivity contribution in [3.05, 3.63) is 34.6 Å². The zero-order valence-electron chi connectivity index (χ0n) is 8.77. The van der Waals surface area contributed by atoms with Gasteiger partial charge < -0.3 is 5.32 Å². The average molecular weight is 264 g/mol. The molecule has 5 heteroatoms. The van der Waals surface area contributed by atoms with Crippen molar-refractivity contribution in [2.45, 2.75) is 18.7 Å². The van der Waals surface area contributed by atoms with Gasteiger partial charge in [-0.15, -0.1) is 11.6 Å². The van der Waals surface area contributed by atoms with E-state index in [1.165, 1.54) is 12.1 Å². The molecule has 0 radical (unpaired) electrons. The lowest BCUT2D eigenvalue weighted by atomic mass is 10.2. The first-order chi connectivity index (χ1) is 7.50. The molecule has 88 valence electrons. The molecule has 0 heterocycles. The summed E-state index contributed by atoms with van der Waals surface area (Å²) in [6, 6.07) is 3.95. The van der Waals surface area contributed by atoms with Crippen LogP contribution in [0.1, 0.15) is 23.7 Å². The first-order valence-electron chi connectivity index (χ1n) is 4.88. The largest absolute Gasteiger partial charge is 0.352 e. The highest BCUT2D eigenvalue weighted by Gasteiger charge is 2.11. The van der Waals surface area contributed by atoms with Gasteiger partial charge >= 0.3 is 0 Å². The van der Waals surface area contributed by atoms with Crippen molar-refractivity contribution < 1.29 is 9.18 Å². The molecule has 0 saturated heterocycles. The number of rotatable bonds is 4. The van der Waals surface area contributed by atoms with E-state index in [9.17, 15) is 9.18 Å². The molecule has 0 aromatic heterocycles. The fourth-order valence-electron chi connectivity index (χ4n) is 1.15. The Morgan fingerprint density at radius 2 is 2.25 bits per heavy atom. The summed E-state index contributed by atoms with van der Waals surface area (Å²) in [4.78, 5) is 11.5. The van der Waals surface area contributed by atoms with E-state index in [4.69, 9.17) is 23.2 Å². The van der Waals surface area contributed by atoms with Crippen LogP contribution in [-0.4, -0.2) is 17.8 Å². The van der Waals surface area contributed by atoms with Crippen molar-refractivity contribution in [1.82, 2.24) is 5.32 Å². The Morgan fingerprint density at radius 3 is 2.81 bits per heavy atom. The molecular weight excluding hydrogens is 252 g/mol. The van der Waals surface area contributed by atoms with E-state index in [2.05, 4.69) is 5.32 Å². The highest BCUT2D eigenvalue weighted by Crippen LogP contribution is 2.14. The second-order valence-electron chi connectivity index (χ2n) is 3.45. The Kier molecular flexibility index (Phi) is 5.03. The van der Waals surface area contributed by atoms with Crippen LogP contribution in [0.2, 0.25) is 5.02 Å². The van der Waals surface area contributed by atoms with Crippen LogP contribution >= 0.6 is 23.2 Å². The van der Waals surface area contributed by atoms with Crippen LogP contribution < -0.4 is 5.32 Å². The van der Waals surface area contributed by atoms with Gasteiger partial charge in [0.2, 0.25) is 0 Å². The zero-order valence-corrected chi connectivity index (χ0v) is 10.3. The van der Waals surface area contributed by atoms with Crippen LogP contribution in [0.5, 0.6) is 0 Å². The molecule has 0 bridgehead atoms. The minimum atomic E-state index is -0.621. The third kappa shape index (κ3) is 3.99. The summed E-state index contributed by atoms with van der Waals surface area (Å²) in [5, 5.41) is 2.83. The molecular formula is C11H12Cl2FNO. The quantitative estimate of drug-likeness (QED) is 0.831. The van der Waals surface area contributed by atoms with Crippen molar-refractivity contribution in [2.75, 3.05) is 6.54 Å². The van der Waals surface area contributed by atoms with E-state index in [-0.39, 0.29) is 16.0 Å². The molecule has 0 fully saturated rings. The maximum absolute atomic E-state index is 13.3. The van der Waals surface area contributed by atoms with Gasteiger partial charge in [-0.25, -0.2) is 4.39 Å². The summed E-state index contributed by atoms with van der Waals surface area (Å²) in [6.45, 7) is 2.25.